The molecule has 2 amide bonds. The van der Waals surface area contributed by atoms with Gasteiger partial charge >= 0.3 is 5.97 Å². The summed E-state index contributed by atoms with van der Waals surface area (Å²) < 4.78 is 22.5. The lowest BCUT2D eigenvalue weighted by Gasteiger charge is -2.36. The Balaban J connectivity index is 1.58. The number of carbonyl (C=O) groups is 3. The van der Waals surface area contributed by atoms with Gasteiger partial charge in [0, 0.05) is 6.92 Å². The number of hydrogen-bond donors (Lipinski definition) is 0. The molecule has 0 spiro atoms. The number of methoxy groups -OCH3 is 1. The molecule has 33 heavy (non-hydrogen) atoms. The first kappa shape index (κ1) is 25.0. The highest BCUT2D eigenvalue weighted by Gasteiger charge is 2.47. The Hall–Kier alpha value is -2.61. The molecule has 182 valence electrons. The normalized spacial score (nSPS) is 23.0. The first-order valence-electron chi connectivity index (χ1n) is 11.9. The fourth-order valence-electron chi connectivity index (χ4n) is 4.47. The molecule has 1 saturated heterocycles. The van der Waals surface area contributed by atoms with Crippen LogP contribution in [0.15, 0.2) is 18.2 Å². The molecule has 1 heterocycles. The van der Waals surface area contributed by atoms with E-state index >= 15 is 0 Å². The zero-order chi connectivity index (χ0) is 23.8. The number of ether oxygens (including phenoxy) is 4. The van der Waals surface area contributed by atoms with Gasteiger partial charge in [-0.15, -0.1) is 0 Å². The van der Waals surface area contributed by atoms with Gasteiger partial charge in [0.1, 0.15) is 0 Å². The number of imide groups is 1. The average Bonchev–Trinajstić information content (AvgIpc) is 3.07. The third kappa shape index (κ3) is 6.47. The molecule has 1 aromatic carbocycles. The number of benzene rings is 1. The maximum absolute atomic E-state index is 12.7. The molecule has 1 saturated carbocycles. The molecule has 3 rings (SSSR count). The van der Waals surface area contributed by atoms with E-state index in [0.29, 0.717) is 31.8 Å². The molecule has 8 nitrogen and oxygen atoms in total. The summed E-state index contributed by atoms with van der Waals surface area (Å²) in [6.45, 7) is 4.48. The number of nitrogens with zero attached hydrogens (tertiary/aromatic N) is 1. The molecule has 0 bridgehead atoms. The first-order chi connectivity index (χ1) is 15.9. The minimum absolute atomic E-state index is 0.0892. The van der Waals surface area contributed by atoms with E-state index in [1.807, 2.05) is 18.2 Å². The smallest absolute Gasteiger partial charge is 0.303 e. The van der Waals surface area contributed by atoms with Gasteiger partial charge in [-0.2, -0.15) is 0 Å². The number of unbranched alkanes of at least 4 members (excludes halogenated alkanes) is 1. The van der Waals surface area contributed by atoms with Crippen molar-refractivity contribution in [1.29, 1.82) is 0 Å². The van der Waals surface area contributed by atoms with Crippen LogP contribution in [-0.4, -0.2) is 61.3 Å². The van der Waals surface area contributed by atoms with Crippen molar-refractivity contribution in [3.63, 3.8) is 0 Å². The Kier molecular flexibility index (Phi) is 9.11. The molecular weight excluding hydrogens is 426 g/mol. The van der Waals surface area contributed by atoms with Crippen molar-refractivity contribution in [3.05, 3.63) is 23.8 Å². The summed E-state index contributed by atoms with van der Waals surface area (Å²) in [5.74, 6) is 0.145. The molecule has 1 aliphatic carbocycles. The molecule has 0 unspecified atom stereocenters. The maximum Gasteiger partial charge on any atom is 0.303 e. The Morgan fingerprint density at radius 3 is 2.64 bits per heavy atom. The van der Waals surface area contributed by atoms with Crippen LogP contribution in [0, 0.1) is 0 Å². The molecule has 1 aromatic rings. The van der Waals surface area contributed by atoms with E-state index in [4.69, 9.17) is 18.9 Å². The number of esters is 1. The summed E-state index contributed by atoms with van der Waals surface area (Å²) in [7, 11) is 1.63. The predicted molar refractivity (Wildman–Crippen MR) is 121 cm³/mol. The lowest BCUT2D eigenvalue weighted by molar-refractivity contribution is -0.158. The fourth-order valence-corrected chi connectivity index (χ4v) is 4.47. The van der Waals surface area contributed by atoms with Crippen LogP contribution in [0.4, 0.5) is 0 Å². The summed E-state index contributed by atoms with van der Waals surface area (Å²) >= 11 is 0. The van der Waals surface area contributed by atoms with Crippen LogP contribution >= 0.6 is 0 Å². The van der Waals surface area contributed by atoms with Gasteiger partial charge in [0.05, 0.1) is 38.9 Å². The molecule has 3 atom stereocenters. The van der Waals surface area contributed by atoms with Crippen LogP contribution in [0.1, 0.15) is 64.4 Å². The Bertz CT molecular complexity index is 840. The first-order valence-corrected chi connectivity index (χ1v) is 11.9. The number of likely N-dealkylation sites (tertiary alicyclic amines) is 1. The van der Waals surface area contributed by atoms with E-state index in [1.165, 1.54) is 11.8 Å². The molecule has 0 N–H and O–H groups in total. The van der Waals surface area contributed by atoms with Crippen molar-refractivity contribution in [1.82, 2.24) is 4.90 Å². The van der Waals surface area contributed by atoms with Crippen molar-refractivity contribution in [2.45, 2.75) is 83.5 Å². The molecule has 2 aliphatic rings. The largest absolute Gasteiger partial charge is 0.493 e. The van der Waals surface area contributed by atoms with Gasteiger partial charge in [-0.3, -0.25) is 19.3 Å². The van der Waals surface area contributed by atoms with Crippen molar-refractivity contribution >= 4 is 17.8 Å². The summed E-state index contributed by atoms with van der Waals surface area (Å²) in [6.07, 6.45) is 4.81. The highest BCUT2D eigenvalue weighted by Crippen LogP contribution is 2.31. The Labute approximate surface area is 195 Å². The number of hydrogen-bond acceptors (Lipinski definition) is 7. The predicted octanol–water partition coefficient (Wildman–Crippen LogP) is 3.44. The lowest BCUT2D eigenvalue weighted by atomic mass is 9.91. The standard InChI is InChI=1S/C25H35NO7/c1-4-5-13-31-21-11-10-18(15-22(21)30-3)12-14-32-20-9-7-6-8-19(20)26-24(28)16-23(25(26)29)33-17(2)27/h10-11,15,19-20,23H,4-9,12-14,16H2,1-3H3/t19-,20-,23-/m1/s1. The van der Waals surface area contributed by atoms with E-state index in [1.54, 1.807) is 7.11 Å². The molecule has 8 heteroatoms. The van der Waals surface area contributed by atoms with E-state index < -0.39 is 18.0 Å². The number of amides is 2. The topological polar surface area (TPSA) is 91.4 Å². The van der Waals surface area contributed by atoms with Crippen LogP contribution in [0.5, 0.6) is 11.5 Å². The van der Waals surface area contributed by atoms with Gasteiger partial charge in [-0.1, -0.05) is 32.3 Å². The van der Waals surface area contributed by atoms with Gasteiger partial charge in [0.2, 0.25) is 5.91 Å². The van der Waals surface area contributed by atoms with Crippen LogP contribution in [0.2, 0.25) is 0 Å². The number of rotatable bonds is 11. The second kappa shape index (κ2) is 12.0. The van der Waals surface area contributed by atoms with Crippen LogP contribution in [0.3, 0.4) is 0 Å². The third-order valence-electron chi connectivity index (χ3n) is 6.16. The van der Waals surface area contributed by atoms with Crippen molar-refractivity contribution in [2.24, 2.45) is 0 Å². The van der Waals surface area contributed by atoms with Gasteiger partial charge in [0.25, 0.3) is 5.91 Å². The van der Waals surface area contributed by atoms with Gasteiger partial charge in [0.15, 0.2) is 17.6 Å². The molecule has 1 aliphatic heterocycles. The van der Waals surface area contributed by atoms with Gasteiger partial charge < -0.3 is 18.9 Å². The van der Waals surface area contributed by atoms with Gasteiger partial charge in [-0.25, -0.2) is 0 Å². The summed E-state index contributed by atoms with van der Waals surface area (Å²) in [5.41, 5.74) is 1.06. The second-order valence-electron chi connectivity index (χ2n) is 8.60. The SMILES string of the molecule is CCCCOc1ccc(CCO[C@@H]2CCCC[C@H]2N2C(=O)C[C@@H](OC(C)=O)C2=O)cc1OC. The minimum Gasteiger partial charge on any atom is -0.493 e. The lowest BCUT2D eigenvalue weighted by Crippen LogP contribution is -2.50. The second-order valence-corrected chi connectivity index (χ2v) is 8.60. The minimum atomic E-state index is -1.01. The van der Waals surface area contributed by atoms with Crippen LogP contribution < -0.4 is 9.47 Å². The quantitative estimate of drug-likeness (QED) is 0.283. The van der Waals surface area contributed by atoms with E-state index in [9.17, 15) is 14.4 Å². The molecular formula is C25H35NO7. The average molecular weight is 462 g/mol. The molecule has 0 aromatic heterocycles. The zero-order valence-electron chi connectivity index (χ0n) is 19.8. The molecule has 2 fully saturated rings. The van der Waals surface area contributed by atoms with E-state index in [2.05, 4.69) is 6.92 Å². The van der Waals surface area contributed by atoms with Crippen LogP contribution in [0.25, 0.3) is 0 Å². The van der Waals surface area contributed by atoms with Crippen molar-refractivity contribution in [2.75, 3.05) is 20.3 Å². The highest BCUT2D eigenvalue weighted by molar-refractivity contribution is 6.06. The Morgan fingerprint density at radius 1 is 1.12 bits per heavy atom. The van der Waals surface area contributed by atoms with E-state index in [-0.39, 0.29) is 24.5 Å². The highest BCUT2D eigenvalue weighted by atomic mass is 16.5. The van der Waals surface area contributed by atoms with Crippen molar-refractivity contribution in [3.8, 4) is 11.5 Å². The van der Waals surface area contributed by atoms with Crippen molar-refractivity contribution < 1.29 is 33.3 Å². The summed E-state index contributed by atoms with van der Waals surface area (Å²) in [4.78, 5) is 37.8. The molecule has 0 radical (unpaired) electrons. The maximum atomic E-state index is 12.7. The third-order valence-corrected chi connectivity index (χ3v) is 6.16. The zero-order valence-corrected chi connectivity index (χ0v) is 19.8. The monoisotopic (exact) mass is 461 g/mol. The Morgan fingerprint density at radius 2 is 1.91 bits per heavy atom. The summed E-state index contributed by atoms with van der Waals surface area (Å²) in [6, 6.07) is 5.57. The van der Waals surface area contributed by atoms with Gasteiger partial charge in [-0.05, 0) is 43.4 Å². The summed E-state index contributed by atoms with van der Waals surface area (Å²) in [5, 5.41) is 0. The van der Waals surface area contributed by atoms with Crippen LogP contribution in [-0.2, 0) is 30.3 Å². The fraction of sp³-hybridized carbons (Fsp3) is 0.640. The van der Waals surface area contributed by atoms with E-state index in [0.717, 1.165) is 43.4 Å². The number of carbonyl (C=O) groups excluding carboxylic acids is 3.